The molecule has 0 spiro atoms. The third kappa shape index (κ3) is 5.19. The standard InChI is InChI=1S/C15H22N2O3/c16-13-3-1-4-14(9-13)17-15(18)5-2-7-19-10-12-6-8-20-11-12/h1,3-4,9,12H,2,5-8,10-11,16H2,(H,17,18). The molecule has 0 bridgehead atoms. The normalized spacial score (nSPS) is 18.1. The number of amides is 1. The van der Waals surface area contributed by atoms with E-state index in [1.807, 2.05) is 12.1 Å². The molecule has 0 aliphatic carbocycles. The molecule has 1 aliphatic rings. The highest BCUT2D eigenvalue weighted by atomic mass is 16.5. The molecule has 20 heavy (non-hydrogen) atoms. The molecular weight excluding hydrogens is 256 g/mol. The second-order valence-electron chi connectivity index (χ2n) is 5.08. The number of hydrogen-bond donors (Lipinski definition) is 2. The van der Waals surface area contributed by atoms with E-state index in [0.29, 0.717) is 24.6 Å². The lowest BCUT2D eigenvalue weighted by molar-refractivity contribution is -0.116. The number of hydrogen-bond acceptors (Lipinski definition) is 4. The predicted octanol–water partition coefficient (Wildman–Crippen LogP) is 2.04. The molecule has 0 radical (unpaired) electrons. The van der Waals surface area contributed by atoms with Crippen LogP contribution < -0.4 is 11.1 Å². The Morgan fingerprint density at radius 1 is 1.50 bits per heavy atom. The summed E-state index contributed by atoms with van der Waals surface area (Å²) >= 11 is 0. The molecule has 1 aliphatic heterocycles. The summed E-state index contributed by atoms with van der Waals surface area (Å²) in [5.41, 5.74) is 7.03. The van der Waals surface area contributed by atoms with Gasteiger partial charge in [0.1, 0.15) is 0 Å². The maximum absolute atomic E-state index is 11.7. The van der Waals surface area contributed by atoms with Gasteiger partial charge in [-0.2, -0.15) is 0 Å². The summed E-state index contributed by atoms with van der Waals surface area (Å²) in [5.74, 6) is 0.513. The lowest BCUT2D eigenvalue weighted by atomic mass is 10.1. The number of anilines is 2. The van der Waals surface area contributed by atoms with Crippen molar-refractivity contribution in [2.75, 3.05) is 37.5 Å². The summed E-state index contributed by atoms with van der Waals surface area (Å²) in [7, 11) is 0. The molecule has 0 saturated carbocycles. The molecule has 5 heteroatoms. The SMILES string of the molecule is Nc1cccc(NC(=O)CCCOCC2CCOC2)c1. The highest BCUT2D eigenvalue weighted by molar-refractivity contribution is 5.91. The van der Waals surface area contributed by atoms with E-state index in [-0.39, 0.29) is 5.91 Å². The summed E-state index contributed by atoms with van der Waals surface area (Å²) in [6, 6.07) is 7.17. The third-order valence-corrected chi connectivity index (χ3v) is 3.24. The van der Waals surface area contributed by atoms with Gasteiger partial charge in [0.05, 0.1) is 13.2 Å². The van der Waals surface area contributed by atoms with Gasteiger partial charge in [0, 0.05) is 36.9 Å². The quantitative estimate of drug-likeness (QED) is 0.591. The minimum absolute atomic E-state index is 0.0107. The second-order valence-corrected chi connectivity index (χ2v) is 5.08. The van der Waals surface area contributed by atoms with Gasteiger partial charge >= 0.3 is 0 Å². The fraction of sp³-hybridized carbons (Fsp3) is 0.533. The van der Waals surface area contributed by atoms with Gasteiger partial charge in [-0.15, -0.1) is 0 Å². The molecule has 5 nitrogen and oxygen atoms in total. The van der Waals surface area contributed by atoms with Crippen molar-refractivity contribution < 1.29 is 14.3 Å². The summed E-state index contributed by atoms with van der Waals surface area (Å²) in [4.78, 5) is 11.7. The number of carbonyl (C=O) groups excluding carboxylic acids is 1. The fourth-order valence-electron chi connectivity index (χ4n) is 2.14. The number of nitrogens with two attached hydrogens (primary N) is 1. The lowest BCUT2D eigenvalue weighted by Crippen LogP contribution is -2.14. The molecule has 1 heterocycles. The first-order valence-electron chi connectivity index (χ1n) is 7.05. The predicted molar refractivity (Wildman–Crippen MR) is 78.5 cm³/mol. The van der Waals surface area contributed by atoms with Crippen LogP contribution in [0, 0.1) is 5.92 Å². The molecule has 1 aromatic rings. The Bertz CT molecular complexity index is 431. The van der Waals surface area contributed by atoms with E-state index < -0.39 is 0 Å². The van der Waals surface area contributed by atoms with Gasteiger partial charge < -0.3 is 20.5 Å². The van der Waals surface area contributed by atoms with Crippen LogP contribution in [0.25, 0.3) is 0 Å². The zero-order chi connectivity index (χ0) is 14.2. The van der Waals surface area contributed by atoms with Gasteiger partial charge in [0.15, 0.2) is 0 Å². The lowest BCUT2D eigenvalue weighted by Gasteiger charge is -2.09. The van der Waals surface area contributed by atoms with Crippen molar-refractivity contribution in [3.05, 3.63) is 24.3 Å². The van der Waals surface area contributed by atoms with E-state index in [1.165, 1.54) is 0 Å². The van der Waals surface area contributed by atoms with Crippen LogP contribution in [0.2, 0.25) is 0 Å². The van der Waals surface area contributed by atoms with Crippen LogP contribution in [0.4, 0.5) is 11.4 Å². The summed E-state index contributed by atoms with van der Waals surface area (Å²) in [5, 5.41) is 2.82. The number of benzene rings is 1. The molecular formula is C15H22N2O3. The number of rotatable bonds is 7. The van der Waals surface area contributed by atoms with Gasteiger partial charge in [-0.1, -0.05) is 6.07 Å². The van der Waals surface area contributed by atoms with Gasteiger partial charge in [0.25, 0.3) is 0 Å². The van der Waals surface area contributed by atoms with Crippen LogP contribution in [0.3, 0.4) is 0 Å². The van der Waals surface area contributed by atoms with E-state index in [1.54, 1.807) is 12.1 Å². The first-order valence-corrected chi connectivity index (χ1v) is 7.05. The zero-order valence-electron chi connectivity index (χ0n) is 11.6. The second kappa shape index (κ2) is 7.87. The minimum Gasteiger partial charge on any atom is -0.399 e. The Morgan fingerprint density at radius 2 is 2.40 bits per heavy atom. The molecule has 1 fully saturated rings. The van der Waals surface area contributed by atoms with Crippen LogP contribution in [0.1, 0.15) is 19.3 Å². The summed E-state index contributed by atoms with van der Waals surface area (Å²) in [6.07, 6.45) is 2.26. The number of carbonyl (C=O) groups is 1. The Kier molecular flexibility index (Phi) is 5.83. The van der Waals surface area contributed by atoms with Gasteiger partial charge in [-0.3, -0.25) is 4.79 Å². The largest absolute Gasteiger partial charge is 0.399 e. The first kappa shape index (κ1) is 14.8. The molecule has 3 N–H and O–H groups in total. The van der Waals surface area contributed by atoms with E-state index >= 15 is 0 Å². The maximum Gasteiger partial charge on any atom is 0.224 e. The van der Waals surface area contributed by atoms with E-state index in [9.17, 15) is 4.79 Å². The molecule has 0 aromatic heterocycles. The maximum atomic E-state index is 11.7. The topological polar surface area (TPSA) is 73.6 Å². The smallest absolute Gasteiger partial charge is 0.224 e. The van der Waals surface area contributed by atoms with Crippen molar-refractivity contribution in [1.82, 2.24) is 0 Å². The monoisotopic (exact) mass is 278 g/mol. The van der Waals surface area contributed by atoms with Crippen LogP contribution in [0.5, 0.6) is 0 Å². The molecule has 1 aromatic carbocycles. The highest BCUT2D eigenvalue weighted by Gasteiger charge is 2.15. The van der Waals surface area contributed by atoms with Crippen molar-refractivity contribution in [3.8, 4) is 0 Å². The molecule has 2 rings (SSSR count). The average molecular weight is 278 g/mol. The highest BCUT2D eigenvalue weighted by Crippen LogP contribution is 2.13. The molecule has 110 valence electrons. The van der Waals surface area contributed by atoms with Crippen LogP contribution in [-0.4, -0.2) is 32.3 Å². The summed E-state index contributed by atoms with van der Waals surface area (Å²) in [6.45, 7) is 2.99. The molecule has 1 saturated heterocycles. The van der Waals surface area contributed by atoms with Crippen molar-refractivity contribution in [2.24, 2.45) is 5.92 Å². The summed E-state index contributed by atoms with van der Waals surface area (Å²) < 4.78 is 10.8. The third-order valence-electron chi connectivity index (χ3n) is 3.24. The Balaban J connectivity index is 1.55. The van der Waals surface area contributed by atoms with Crippen LogP contribution >= 0.6 is 0 Å². The number of nitrogens with one attached hydrogen (secondary N) is 1. The molecule has 1 unspecified atom stereocenters. The first-order chi connectivity index (χ1) is 9.74. The van der Waals surface area contributed by atoms with Gasteiger partial charge in [-0.05, 0) is 31.0 Å². The Hall–Kier alpha value is -1.59. The average Bonchev–Trinajstić information content (AvgIpc) is 2.91. The van der Waals surface area contributed by atoms with Crippen molar-refractivity contribution in [1.29, 1.82) is 0 Å². The van der Waals surface area contributed by atoms with Crippen molar-refractivity contribution >= 4 is 17.3 Å². The number of ether oxygens (including phenoxy) is 2. The van der Waals surface area contributed by atoms with Gasteiger partial charge in [0.2, 0.25) is 5.91 Å². The van der Waals surface area contributed by atoms with Crippen LogP contribution in [-0.2, 0) is 14.3 Å². The number of nitrogen functional groups attached to an aromatic ring is 1. The van der Waals surface area contributed by atoms with Crippen molar-refractivity contribution in [3.63, 3.8) is 0 Å². The molecule has 1 amide bonds. The van der Waals surface area contributed by atoms with E-state index in [2.05, 4.69) is 5.32 Å². The minimum atomic E-state index is -0.0107. The van der Waals surface area contributed by atoms with Crippen LogP contribution in [0.15, 0.2) is 24.3 Å². The van der Waals surface area contributed by atoms with Crippen molar-refractivity contribution in [2.45, 2.75) is 19.3 Å². The van der Waals surface area contributed by atoms with E-state index in [0.717, 1.165) is 38.3 Å². The van der Waals surface area contributed by atoms with Gasteiger partial charge in [-0.25, -0.2) is 0 Å². The zero-order valence-corrected chi connectivity index (χ0v) is 11.6. The fourth-order valence-corrected chi connectivity index (χ4v) is 2.14. The Labute approximate surface area is 119 Å². The Morgan fingerprint density at radius 3 is 3.15 bits per heavy atom. The molecule has 1 atom stereocenters. The van der Waals surface area contributed by atoms with E-state index in [4.69, 9.17) is 15.2 Å².